The van der Waals surface area contributed by atoms with Gasteiger partial charge in [-0.25, -0.2) is 9.78 Å². The zero-order valence-corrected chi connectivity index (χ0v) is 10.8. The third kappa shape index (κ3) is 4.06. The summed E-state index contributed by atoms with van der Waals surface area (Å²) in [7, 11) is 0. The van der Waals surface area contributed by atoms with Crippen LogP contribution in [-0.2, 0) is 4.74 Å². The summed E-state index contributed by atoms with van der Waals surface area (Å²) in [6.07, 6.45) is 0.810. The van der Waals surface area contributed by atoms with Crippen LogP contribution in [0.3, 0.4) is 0 Å². The van der Waals surface area contributed by atoms with Gasteiger partial charge in [-0.1, -0.05) is 0 Å². The highest BCUT2D eigenvalue weighted by atomic mass is 79.9. The van der Waals surface area contributed by atoms with E-state index < -0.39 is 11.7 Å². The third-order valence-electron chi connectivity index (χ3n) is 1.45. The van der Waals surface area contributed by atoms with Crippen molar-refractivity contribution in [1.82, 2.24) is 4.98 Å². The fourth-order valence-electron chi connectivity index (χ4n) is 0.925. The lowest BCUT2D eigenvalue weighted by Gasteiger charge is -2.19. The number of carbonyl (C=O) groups is 1. The number of halogens is 1. The Labute approximate surface area is 102 Å². The van der Waals surface area contributed by atoms with Crippen LogP contribution in [0.2, 0.25) is 0 Å². The number of aromatic nitrogens is 1. The first-order chi connectivity index (χ1) is 7.28. The molecule has 5 nitrogen and oxygen atoms in total. The van der Waals surface area contributed by atoms with Crippen LogP contribution in [0, 0.1) is 0 Å². The fourth-order valence-corrected chi connectivity index (χ4v) is 1.24. The van der Waals surface area contributed by atoms with Gasteiger partial charge in [0.05, 0.1) is 0 Å². The van der Waals surface area contributed by atoms with E-state index in [-0.39, 0.29) is 11.6 Å². The second-order valence-corrected chi connectivity index (χ2v) is 5.06. The zero-order chi connectivity index (χ0) is 12.3. The van der Waals surface area contributed by atoms with Crippen LogP contribution in [0.25, 0.3) is 0 Å². The topological polar surface area (TPSA) is 71.5 Å². The van der Waals surface area contributed by atoms with Crippen molar-refractivity contribution in [2.24, 2.45) is 0 Å². The van der Waals surface area contributed by atoms with E-state index in [1.54, 1.807) is 20.8 Å². The number of nitrogens with one attached hydrogen (secondary N) is 1. The molecule has 0 fully saturated rings. The molecule has 6 heteroatoms. The Balaban J connectivity index is 2.70. The Morgan fingerprint density at radius 2 is 2.19 bits per heavy atom. The smallest absolute Gasteiger partial charge is 0.413 e. The van der Waals surface area contributed by atoms with Crippen LogP contribution in [0.5, 0.6) is 5.75 Å². The monoisotopic (exact) mass is 288 g/mol. The molecule has 0 aliphatic carbocycles. The van der Waals surface area contributed by atoms with E-state index in [0.29, 0.717) is 4.47 Å². The van der Waals surface area contributed by atoms with Crippen LogP contribution in [0.15, 0.2) is 16.7 Å². The molecule has 1 heterocycles. The summed E-state index contributed by atoms with van der Waals surface area (Å²) in [6.45, 7) is 5.25. The molecule has 0 bridgehead atoms. The molecule has 1 amide bonds. The molecule has 0 spiro atoms. The summed E-state index contributed by atoms with van der Waals surface area (Å²) in [5.74, 6) is -0.0577. The van der Waals surface area contributed by atoms with Gasteiger partial charge >= 0.3 is 6.09 Å². The third-order valence-corrected chi connectivity index (χ3v) is 1.89. The molecule has 1 rings (SSSR count). The van der Waals surface area contributed by atoms with Crippen molar-refractivity contribution in [3.05, 3.63) is 16.7 Å². The molecule has 0 saturated carbocycles. The van der Waals surface area contributed by atoms with Gasteiger partial charge in [-0.3, -0.25) is 5.32 Å². The predicted octanol–water partition coefficient (Wildman–Crippen LogP) is 2.90. The molecule has 2 N–H and O–H groups in total. The van der Waals surface area contributed by atoms with Crippen LogP contribution < -0.4 is 5.32 Å². The Morgan fingerprint density at radius 3 is 2.69 bits per heavy atom. The Bertz CT molecular complexity index is 402. The van der Waals surface area contributed by atoms with Gasteiger partial charge in [0, 0.05) is 10.7 Å². The summed E-state index contributed by atoms with van der Waals surface area (Å²) < 4.78 is 5.64. The molecule has 16 heavy (non-hydrogen) atoms. The van der Waals surface area contributed by atoms with Crippen molar-refractivity contribution < 1.29 is 14.6 Å². The maximum atomic E-state index is 11.4. The van der Waals surface area contributed by atoms with Gasteiger partial charge in [-0.2, -0.15) is 0 Å². The van der Waals surface area contributed by atoms with Gasteiger partial charge in [0.2, 0.25) is 0 Å². The Kier molecular flexibility index (Phi) is 3.74. The molecule has 0 unspecified atom stereocenters. The van der Waals surface area contributed by atoms with Gasteiger partial charge < -0.3 is 9.84 Å². The average molecular weight is 289 g/mol. The lowest BCUT2D eigenvalue weighted by atomic mass is 10.2. The van der Waals surface area contributed by atoms with E-state index in [9.17, 15) is 9.90 Å². The predicted molar refractivity (Wildman–Crippen MR) is 63.5 cm³/mol. The molecule has 0 aliphatic heterocycles. The van der Waals surface area contributed by atoms with Crippen molar-refractivity contribution in [2.45, 2.75) is 26.4 Å². The quantitative estimate of drug-likeness (QED) is 0.833. The highest BCUT2D eigenvalue weighted by Crippen LogP contribution is 2.24. The van der Waals surface area contributed by atoms with E-state index in [2.05, 4.69) is 26.2 Å². The molecule has 0 saturated heterocycles. The standard InChI is InChI=1S/C10H13BrN2O3/c1-10(2,3)16-9(15)13-8-7(14)4-6(11)5-12-8/h4-5,14H,1-3H3,(H,12,13,15). The lowest BCUT2D eigenvalue weighted by molar-refractivity contribution is 0.0634. The number of ether oxygens (including phenoxy) is 1. The van der Waals surface area contributed by atoms with E-state index >= 15 is 0 Å². The van der Waals surface area contributed by atoms with Crippen molar-refractivity contribution in [3.63, 3.8) is 0 Å². The summed E-state index contributed by atoms with van der Waals surface area (Å²) in [6, 6.07) is 1.43. The van der Waals surface area contributed by atoms with Crippen LogP contribution >= 0.6 is 15.9 Å². The van der Waals surface area contributed by atoms with Crippen LogP contribution in [-0.4, -0.2) is 21.8 Å². The molecule has 1 aromatic heterocycles. The number of amides is 1. The fraction of sp³-hybridized carbons (Fsp3) is 0.400. The van der Waals surface area contributed by atoms with Crippen molar-refractivity contribution in [2.75, 3.05) is 5.32 Å². The van der Waals surface area contributed by atoms with E-state index in [1.165, 1.54) is 12.3 Å². The number of hydrogen-bond acceptors (Lipinski definition) is 4. The first-order valence-electron chi connectivity index (χ1n) is 4.62. The van der Waals surface area contributed by atoms with Crippen molar-refractivity contribution >= 4 is 27.8 Å². The minimum atomic E-state index is -0.655. The first kappa shape index (κ1) is 12.8. The summed E-state index contributed by atoms with van der Waals surface area (Å²) in [4.78, 5) is 15.2. The number of rotatable bonds is 1. The number of carbonyl (C=O) groups excluding carboxylic acids is 1. The zero-order valence-electron chi connectivity index (χ0n) is 9.24. The highest BCUT2D eigenvalue weighted by Gasteiger charge is 2.17. The number of nitrogens with zero attached hydrogens (tertiary/aromatic N) is 1. The molecule has 0 aromatic carbocycles. The van der Waals surface area contributed by atoms with Gasteiger partial charge in [0.1, 0.15) is 5.60 Å². The molecular formula is C10H13BrN2O3. The molecule has 0 radical (unpaired) electrons. The van der Waals surface area contributed by atoms with Gasteiger partial charge in [0.25, 0.3) is 0 Å². The largest absolute Gasteiger partial charge is 0.504 e. The maximum absolute atomic E-state index is 11.4. The van der Waals surface area contributed by atoms with Gasteiger partial charge in [0.15, 0.2) is 11.6 Å². The maximum Gasteiger partial charge on any atom is 0.413 e. The van der Waals surface area contributed by atoms with E-state index in [4.69, 9.17) is 4.74 Å². The second kappa shape index (κ2) is 4.69. The van der Waals surface area contributed by atoms with E-state index in [0.717, 1.165) is 0 Å². The summed E-state index contributed by atoms with van der Waals surface area (Å²) in [5.41, 5.74) is -0.588. The second-order valence-electron chi connectivity index (χ2n) is 4.15. The van der Waals surface area contributed by atoms with Crippen molar-refractivity contribution in [3.8, 4) is 5.75 Å². The Morgan fingerprint density at radius 1 is 1.56 bits per heavy atom. The van der Waals surface area contributed by atoms with Gasteiger partial charge in [-0.05, 0) is 42.8 Å². The minimum Gasteiger partial charge on any atom is -0.504 e. The minimum absolute atomic E-state index is 0.0671. The number of aromatic hydroxyl groups is 1. The average Bonchev–Trinajstić information content (AvgIpc) is 2.06. The highest BCUT2D eigenvalue weighted by molar-refractivity contribution is 9.10. The summed E-state index contributed by atoms with van der Waals surface area (Å²) >= 11 is 3.14. The molecular weight excluding hydrogens is 276 g/mol. The van der Waals surface area contributed by atoms with Crippen molar-refractivity contribution in [1.29, 1.82) is 0 Å². The molecule has 1 aromatic rings. The number of anilines is 1. The molecule has 0 atom stereocenters. The normalized spacial score (nSPS) is 11.0. The Hall–Kier alpha value is -1.30. The first-order valence-corrected chi connectivity index (χ1v) is 5.42. The number of hydrogen-bond donors (Lipinski definition) is 2. The SMILES string of the molecule is CC(C)(C)OC(=O)Nc1ncc(Br)cc1O. The number of pyridine rings is 1. The lowest BCUT2D eigenvalue weighted by Crippen LogP contribution is -2.27. The summed E-state index contributed by atoms with van der Waals surface area (Å²) in [5, 5.41) is 11.8. The van der Waals surface area contributed by atoms with Crippen LogP contribution in [0.1, 0.15) is 20.8 Å². The van der Waals surface area contributed by atoms with Crippen LogP contribution in [0.4, 0.5) is 10.6 Å². The molecule has 0 aliphatic rings. The van der Waals surface area contributed by atoms with E-state index in [1.807, 2.05) is 0 Å². The molecule has 88 valence electrons. The van der Waals surface area contributed by atoms with Gasteiger partial charge in [-0.15, -0.1) is 0 Å².